The van der Waals surface area contributed by atoms with Crippen LogP contribution in [0.25, 0.3) is 22.2 Å². The number of carbonyl (C=O) groups is 1. The van der Waals surface area contributed by atoms with Gasteiger partial charge in [-0.05, 0) is 57.6 Å². The minimum Gasteiger partial charge on any atom is -0.444 e. The quantitative estimate of drug-likeness (QED) is 0.256. The molecule has 3 aromatic rings. The molecule has 216 valence electrons. The Morgan fingerprint density at radius 1 is 1.07 bits per heavy atom. The van der Waals surface area contributed by atoms with E-state index in [0.29, 0.717) is 6.73 Å². The molecule has 0 atom stereocenters. The molecule has 5 heterocycles. The molecule has 2 saturated heterocycles. The van der Waals surface area contributed by atoms with Crippen LogP contribution in [0.15, 0.2) is 37.2 Å². The van der Waals surface area contributed by atoms with E-state index in [0.717, 1.165) is 80.3 Å². The van der Waals surface area contributed by atoms with Crippen LogP contribution in [0.2, 0.25) is 25.7 Å². The lowest BCUT2D eigenvalue weighted by Gasteiger charge is -2.40. The topological polar surface area (TPSA) is 85.6 Å². The normalized spacial score (nSPS) is 17.6. The van der Waals surface area contributed by atoms with Gasteiger partial charge in [-0.1, -0.05) is 19.6 Å². The summed E-state index contributed by atoms with van der Waals surface area (Å²) < 4.78 is 13.9. The van der Waals surface area contributed by atoms with Crippen molar-refractivity contribution in [2.45, 2.75) is 78.1 Å². The Bertz CT molecular complexity index is 1320. The number of rotatable bonds is 7. The van der Waals surface area contributed by atoms with Gasteiger partial charge in [0.25, 0.3) is 0 Å². The zero-order valence-corrected chi connectivity index (χ0v) is 25.9. The van der Waals surface area contributed by atoms with Crippen LogP contribution < -0.4 is 4.90 Å². The summed E-state index contributed by atoms with van der Waals surface area (Å²) in [4.78, 5) is 30.5. The fourth-order valence-electron chi connectivity index (χ4n) is 5.81. The van der Waals surface area contributed by atoms with Crippen LogP contribution in [0.1, 0.15) is 40.0 Å². The molecule has 0 bridgehead atoms. The number of fused-ring (bicyclic) bond motifs is 1. The van der Waals surface area contributed by atoms with E-state index in [2.05, 4.69) is 51.3 Å². The highest BCUT2D eigenvalue weighted by atomic mass is 28.3. The van der Waals surface area contributed by atoms with Crippen molar-refractivity contribution in [2.75, 3.05) is 37.7 Å². The zero-order valence-electron chi connectivity index (χ0n) is 24.9. The summed E-state index contributed by atoms with van der Waals surface area (Å²) in [7, 11) is -1.17. The van der Waals surface area contributed by atoms with Crippen LogP contribution in [0.3, 0.4) is 0 Å². The second-order valence-corrected chi connectivity index (χ2v) is 19.3. The summed E-state index contributed by atoms with van der Waals surface area (Å²) in [5.41, 5.74) is 3.83. The number of anilines is 1. The van der Waals surface area contributed by atoms with Gasteiger partial charge in [-0.25, -0.2) is 19.7 Å². The zero-order chi connectivity index (χ0) is 28.5. The molecule has 0 radical (unpaired) electrons. The highest BCUT2D eigenvalue weighted by Crippen LogP contribution is 2.44. The fourth-order valence-corrected chi connectivity index (χ4v) is 6.56. The van der Waals surface area contributed by atoms with Crippen molar-refractivity contribution < 1.29 is 14.3 Å². The monoisotopic (exact) mass is 564 g/mol. The highest BCUT2D eigenvalue weighted by Gasteiger charge is 2.43. The molecule has 2 aliphatic heterocycles. The van der Waals surface area contributed by atoms with E-state index in [1.54, 1.807) is 6.33 Å². The van der Waals surface area contributed by atoms with Gasteiger partial charge in [0, 0.05) is 82.5 Å². The summed E-state index contributed by atoms with van der Waals surface area (Å²) in [6.07, 6.45) is 12.3. The van der Waals surface area contributed by atoms with E-state index in [4.69, 9.17) is 14.5 Å². The molecular formula is C30H44N6O3Si. The molecule has 9 nitrogen and oxygen atoms in total. The van der Waals surface area contributed by atoms with Crippen LogP contribution in [0.5, 0.6) is 0 Å². The predicted molar refractivity (Wildman–Crippen MR) is 161 cm³/mol. The van der Waals surface area contributed by atoms with E-state index < -0.39 is 13.7 Å². The Morgan fingerprint density at radius 2 is 1.77 bits per heavy atom. The van der Waals surface area contributed by atoms with Crippen LogP contribution >= 0.6 is 0 Å². The second-order valence-electron chi connectivity index (χ2n) is 13.7. The van der Waals surface area contributed by atoms with Crippen LogP contribution in [-0.4, -0.2) is 77.0 Å². The fraction of sp³-hybridized carbons (Fsp3) is 0.600. The lowest BCUT2D eigenvalue weighted by Crippen LogP contribution is -2.43. The number of nitrogens with zero attached hydrogens (tertiary/aromatic N) is 6. The summed E-state index contributed by atoms with van der Waals surface area (Å²) in [5, 5.41) is 1.11. The molecule has 2 fully saturated rings. The number of piperidine rings is 1. The lowest BCUT2D eigenvalue weighted by atomic mass is 9.77. The molecular weight excluding hydrogens is 520 g/mol. The summed E-state index contributed by atoms with van der Waals surface area (Å²) >= 11 is 0. The molecule has 1 spiro atoms. The van der Waals surface area contributed by atoms with Crippen molar-refractivity contribution in [1.29, 1.82) is 0 Å². The third-order valence-corrected chi connectivity index (χ3v) is 9.79. The van der Waals surface area contributed by atoms with Gasteiger partial charge in [0.2, 0.25) is 0 Å². The number of amides is 1. The molecule has 0 N–H and O–H groups in total. The predicted octanol–water partition coefficient (Wildman–Crippen LogP) is 6.03. The first-order chi connectivity index (χ1) is 18.9. The molecule has 0 saturated carbocycles. The van der Waals surface area contributed by atoms with Gasteiger partial charge >= 0.3 is 6.09 Å². The Balaban J connectivity index is 1.36. The van der Waals surface area contributed by atoms with E-state index in [9.17, 15) is 4.79 Å². The van der Waals surface area contributed by atoms with Crippen LogP contribution in [0.4, 0.5) is 10.5 Å². The van der Waals surface area contributed by atoms with Crippen LogP contribution in [0, 0.1) is 5.41 Å². The molecule has 5 rings (SSSR count). The SMILES string of the molecule is CC(C)(C)OC(=O)N1CCC2(CCN(c3ccnc4c3c(-c3cncnc3)cn4COCC[Si](C)(C)C)CC2)C1. The van der Waals surface area contributed by atoms with Crippen molar-refractivity contribution in [3.05, 3.63) is 37.2 Å². The summed E-state index contributed by atoms with van der Waals surface area (Å²) in [6, 6.07) is 3.26. The minimum atomic E-state index is -1.17. The van der Waals surface area contributed by atoms with Gasteiger partial charge in [0.15, 0.2) is 0 Å². The molecule has 0 aliphatic carbocycles. The number of pyridine rings is 1. The standard InChI is InChI=1S/C30H44N6O3Si/c1-29(2,3)39-28(37)35-14-10-30(20-35)8-12-34(13-9-30)25-7-11-33-27-26(25)24(23-17-31-21-32-18-23)19-36(27)22-38-15-16-40(4,5)6/h7,11,17-19,21H,8-10,12-16,20,22H2,1-6H3. The molecule has 40 heavy (non-hydrogen) atoms. The van der Waals surface area contributed by atoms with Crippen molar-refractivity contribution in [2.24, 2.45) is 5.41 Å². The minimum absolute atomic E-state index is 0.159. The first-order valence-electron chi connectivity index (χ1n) is 14.5. The van der Waals surface area contributed by atoms with Gasteiger partial charge < -0.3 is 23.8 Å². The molecule has 0 aromatic carbocycles. The number of aromatic nitrogens is 4. The molecule has 1 amide bonds. The van der Waals surface area contributed by atoms with Crippen LogP contribution in [-0.2, 0) is 16.2 Å². The van der Waals surface area contributed by atoms with Gasteiger partial charge in [0.1, 0.15) is 24.3 Å². The van der Waals surface area contributed by atoms with Crippen molar-refractivity contribution >= 4 is 30.9 Å². The van der Waals surface area contributed by atoms with E-state index in [-0.39, 0.29) is 11.5 Å². The van der Waals surface area contributed by atoms with Gasteiger partial charge in [-0.2, -0.15) is 0 Å². The van der Waals surface area contributed by atoms with Crippen molar-refractivity contribution in [1.82, 2.24) is 24.4 Å². The average molecular weight is 565 g/mol. The maximum atomic E-state index is 12.7. The second kappa shape index (κ2) is 11.1. The van der Waals surface area contributed by atoms with E-state index >= 15 is 0 Å². The van der Waals surface area contributed by atoms with Gasteiger partial charge in [-0.3, -0.25) is 0 Å². The Hall–Kier alpha value is -2.98. The Labute approximate surface area is 238 Å². The Morgan fingerprint density at radius 3 is 2.45 bits per heavy atom. The lowest BCUT2D eigenvalue weighted by molar-refractivity contribution is 0.0266. The molecule has 0 unspecified atom stereocenters. The first kappa shape index (κ1) is 28.5. The molecule has 2 aliphatic rings. The average Bonchev–Trinajstić information content (AvgIpc) is 3.48. The van der Waals surface area contributed by atoms with Crippen molar-refractivity contribution in [3.63, 3.8) is 0 Å². The largest absolute Gasteiger partial charge is 0.444 e. The maximum Gasteiger partial charge on any atom is 0.410 e. The van der Waals surface area contributed by atoms with E-state index in [1.807, 2.05) is 44.3 Å². The number of likely N-dealkylation sites (tertiary alicyclic amines) is 1. The first-order valence-corrected chi connectivity index (χ1v) is 18.2. The highest BCUT2D eigenvalue weighted by molar-refractivity contribution is 6.76. The molecule has 10 heteroatoms. The van der Waals surface area contributed by atoms with Gasteiger partial charge in [-0.15, -0.1) is 0 Å². The summed E-state index contributed by atoms with van der Waals surface area (Å²) in [6.45, 7) is 17.5. The number of ether oxygens (including phenoxy) is 2. The number of carbonyl (C=O) groups excluding carboxylic acids is 1. The van der Waals surface area contributed by atoms with E-state index in [1.165, 1.54) is 5.69 Å². The Kier molecular flexibility index (Phi) is 7.94. The number of hydrogen-bond acceptors (Lipinski definition) is 7. The third kappa shape index (κ3) is 6.49. The third-order valence-electron chi connectivity index (χ3n) is 8.09. The summed E-state index contributed by atoms with van der Waals surface area (Å²) in [5.74, 6) is 0. The van der Waals surface area contributed by atoms with Crippen molar-refractivity contribution in [3.8, 4) is 11.1 Å². The van der Waals surface area contributed by atoms with Gasteiger partial charge in [0.05, 0.1) is 5.39 Å². The number of hydrogen-bond donors (Lipinski definition) is 0. The smallest absolute Gasteiger partial charge is 0.410 e. The maximum absolute atomic E-state index is 12.7. The molecule has 3 aromatic heterocycles.